The van der Waals surface area contributed by atoms with Crippen molar-refractivity contribution >= 4 is 23.4 Å². The fraction of sp³-hybridized carbons (Fsp3) is 0.545. The number of thiol groups is 1. The van der Waals surface area contributed by atoms with Crippen molar-refractivity contribution in [3.8, 4) is 5.75 Å². The van der Waals surface area contributed by atoms with Gasteiger partial charge in [0.25, 0.3) is 0 Å². The van der Waals surface area contributed by atoms with Gasteiger partial charge in [-0.3, -0.25) is 0 Å². The predicted octanol–water partition coefficient (Wildman–Crippen LogP) is 7.20. The van der Waals surface area contributed by atoms with Crippen molar-refractivity contribution in [3.05, 3.63) is 35.9 Å². The maximum atomic E-state index is 5.31. The van der Waals surface area contributed by atoms with Crippen LogP contribution in [0.25, 0.3) is 10.8 Å². The van der Waals surface area contributed by atoms with Gasteiger partial charge in [0.1, 0.15) is 5.75 Å². The van der Waals surface area contributed by atoms with Crippen LogP contribution in [-0.4, -0.2) is 7.11 Å². The average Bonchev–Trinajstić information content (AvgIpc) is 2.62. The molecule has 1 fully saturated rings. The molecule has 0 radical (unpaired) electrons. The molecule has 2 aromatic carbocycles. The van der Waals surface area contributed by atoms with Crippen LogP contribution in [0.3, 0.4) is 0 Å². The molecular weight excluding hydrogens is 312 g/mol. The number of benzene rings is 2. The molecule has 0 aliphatic heterocycles. The van der Waals surface area contributed by atoms with Crippen molar-refractivity contribution in [1.29, 1.82) is 0 Å². The van der Waals surface area contributed by atoms with E-state index in [4.69, 9.17) is 4.74 Å². The molecular formula is C22H32OS. The largest absolute Gasteiger partial charge is 0.495 e. The summed E-state index contributed by atoms with van der Waals surface area (Å²) in [6.07, 6.45) is 11.9. The summed E-state index contributed by atoms with van der Waals surface area (Å²) in [5.74, 6) is 1.97. The van der Waals surface area contributed by atoms with Crippen LogP contribution in [0.5, 0.6) is 5.75 Å². The first-order valence-electron chi connectivity index (χ1n) is 9.42. The SMILES string of the molecule is CCCCC1CCCCC1.COc1c(C)cc2ccccc2c1S. The van der Waals surface area contributed by atoms with Crippen LogP contribution in [0.4, 0.5) is 0 Å². The molecule has 0 heterocycles. The summed E-state index contributed by atoms with van der Waals surface area (Å²) in [5.41, 5.74) is 1.12. The van der Waals surface area contributed by atoms with E-state index in [9.17, 15) is 0 Å². The van der Waals surface area contributed by atoms with Crippen LogP contribution >= 0.6 is 12.6 Å². The molecule has 1 aliphatic carbocycles. The molecule has 132 valence electrons. The Kier molecular flexibility index (Phi) is 7.98. The summed E-state index contributed by atoms with van der Waals surface area (Å²) < 4.78 is 5.31. The number of methoxy groups -OCH3 is 1. The second-order valence-electron chi connectivity index (χ2n) is 6.94. The van der Waals surface area contributed by atoms with Crippen molar-refractivity contribution in [2.75, 3.05) is 7.11 Å². The first-order valence-corrected chi connectivity index (χ1v) is 9.87. The minimum atomic E-state index is 0.868. The smallest absolute Gasteiger partial charge is 0.135 e. The third-order valence-corrected chi connectivity index (χ3v) is 5.50. The van der Waals surface area contributed by atoms with Crippen LogP contribution in [0.2, 0.25) is 0 Å². The van der Waals surface area contributed by atoms with Gasteiger partial charge in [0.2, 0.25) is 0 Å². The lowest BCUT2D eigenvalue weighted by atomic mass is 9.86. The van der Waals surface area contributed by atoms with Gasteiger partial charge in [0.15, 0.2) is 0 Å². The number of rotatable bonds is 4. The van der Waals surface area contributed by atoms with Gasteiger partial charge in [0.05, 0.1) is 12.0 Å². The van der Waals surface area contributed by atoms with Gasteiger partial charge in [-0.25, -0.2) is 0 Å². The minimum Gasteiger partial charge on any atom is -0.495 e. The lowest BCUT2D eigenvalue weighted by Gasteiger charge is -2.20. The van der Waals surface area contributed by atoms with Gasteiger partial charge in [-0.2, -0.15) is 0 Å². The van der Waals surface area contributed by atoms with E-state index in [0.717, 1.165) is 27.5 Å². The van der Waals surface area contributed by atoms with Gasteiger partial charge in [-0.1, -0.05) is 82.6 Å². The van der Waals surface area contributed by atoms with Crippen molar-refractivity contribution in [1.82, 2.24) is 0 Å². The van der Waals surface area contributed by atoms with Crippen molar-refractivity contribution in [2.24, 2.45) is 5.92 Å². The van der Waals surface area contributed by atoms with Crippen LogP contribution in [0, 0.1) is 12.8 Å². The number of fused-ring (bicyclic) bond motifs is 1. The summed E-state index contributed by atoms with van der Waals surface area (Å²) in [6, 6.07) is 10.3. The first kappa shape index (κ1) is 19.2. The van der Waals surface area contributed by atoms with Crippen molar-refractivity contribution in [2.45, 2.75) is 70.1 Å². The molecule has 0 aromatic heterocycles. The summed E-state index contributed by atoms with van der Waals surface area (Å²) >= 11 is 4.49. The Morgan fingerprint density at radius 1 is 1.12 bits per heavy atom. The van der Waals surface area contributed by atoms with E-state index in [1.165, 1.54) is 56.8 Å². The highest BCUT2D eigenvalue weighted by Crippen LogP contribution is 2.34. The monoisotopic (exact) mass is 344 g/mol. The third-order valence-electron chi connectivity index (χ3n) is 5.06. The van der Waals surface area contributed by atoms with Gasteiger partial charge < -0.3 is 4.74 Å². The van der Waals surface area contributed by atoms with Crippen molar-refractivity contribution < 1.29 is 4.74 Å². The zero-order valence-corrected chi connectivity index (χ0v) is 16.4. The molecule has 0 atom stereocenters. The number of hydrogen-bond acceptors (Lipinski definition) is 2. The lowest BCUT2D eigenvalue weighted by Crippen LogP contribution is -2.05. The topological polar surface area (TPSA) is 9.23 Å². The quantitative estimate of drug-likeness (QED) is 0.577. The number of aryl methyl sites for hydroxylation is 1. The normalized spacial score (nSPS) is 15.0. The van der Waals surface area contributed by atoms with Gasteiger partial charge in [-0.15, -0.1) is 12.6 Å². The summed E-state index contributed by atoms with van der Waals surface area (Å²) in [4.78, 5) is 0.920. The predicted molar refractivity (Wildman–Crippen MR) is 109 cm³/mol. The molecule has 1 nitrogen and oxygen atoms in total. The highest BCUT2D eigenvalue weighted by molar-refractivity contribution is 7.80. The highest BCUT2D eigenvalue weighted by atomic mass is 32.1. The number of hydrogen-bond donors (Lipinski definition) is 1. The van der Waals surface area contributed by atoms with E-state index < -0.39 is 0 Å². The van der Waals surface area contributed by atoms with Gasteiger partial charge in [-0.05, 0) is 35.2 Å². The number of ether oxygens (including phenoxy) is 1. The minimum absolute atomic E-state index is 0.868. The molecule has 24 heavy (non-hydrogen) atoms. The average molecular weight is 345 g/mol. The molecule has 0 bridgehead atoms. The second kappa shape index (κ2) is 9.98. The maximum absolute atomic E-state index is 5.31. The van der Waals surface area contributed by atoms with Gasteiger partial charge >= 0.3 is 0 Å². The fourth-order valence-electron chi connectivity index (χ4n) is 3.67. The van der Waals surface area contributed by atoms with E-state index in [1.54, 1.807) is 7.11 Å². The molecule has 1 aliphatic rings. The summed E-state index contributed by atoms with van der Waals surface area (Å²) in [7, 11) is 1.68. The molecule has 0 amide bonds. The van der Waals surface area contributed by atoms with Crippen LogP contribution < -0.4 is 4.74 Å². The molecule has 1 saturated carbocycles. The van der Waals surface area contributed by atoms with Crippen molar-refractivity contribution in [3.63, 3.8) is 0 Å². The molecule has 0 saturated heterocycles. The maximum Gasteiger partial charge on any atom is 0.135 e. The molecule has 2 heteroatoms. The second-order valence-corrected chi connectivity index (χ2v) is 7.39. The Balaban J connectivity index is 0.000000185. The molecule has 2 aromatic rings. The Hall–Kier alpha value is -1.15. The number of unbranched alkanes of at least 4 members (excludes halogenated alkanes) is 1. The van der Waals surface area contributed by atoms with Gasteiger partial charge in [0, 0.05) is 0 Å². The molecule has 0 spiro atoms. The Labute approximate surface area is 153 Å². The first-order chi connectivity index (χ1) is 11.7. The summed E-state index contributed by atoms with van der Waals surface area (Å²) in [6.45, 7) is 4.33. The van der Waals surface area contributed by atoms with E-state index in [0.29, 0.717) is 0 Å². The Morgan fingerprint density at radius 2 is 1.83 bits per heavy atom. The molecule has 0 unspecified atom stereocenters. The van der Waals surface area contributed by atoms with Crippen LogP contribution in [-0.2, 0) is 0 Å². The molecule has 3 rings (SSSR count). The lowest BCUT2D eigenvalue weighted by molar-refractivity contribution is 0.331. The Morgan fingerprint density at radius 3 is 2.50 bits per heavy atom. The van der Waals surface area contributed by atoms with E-state index >= 15 is 0 Å². The van der Waals surface area contributed by atoms with Crippen LogP contribution in [0.15, 0.2) is 35.2 Å². The zero-order valence-electron chi connectivity index (χ0n) is 15.5. The Bertz CT molecular complexity index is 629. The third kappa shape index (κ3) is 5.17. The van der Waals surface area contributed by atoms with E-state index in [-0.39, 0.29) is 0 Å². The molecule has 0 N–H and O–H groups in total. The van der Waals surface area contributed by atoms with Crippen LogP contribution in [0.1, 0.15) is 63.9 Å². The van der Waals surface area contributed by atoms with E-state index in [2.05, 4.69) is 37.8 Å². The standard InChI is InChI=1S/C12H12OS.C10H20/c1-8-7-9-5-3-4-6-10(9)12(14)11(8)13-2;1-2-3-7-10-8-5-4-6-9-10/h3-7,14H,1-2H3;10H,2-9H2,1H3. The zero-order chi connectivity index (χ0) is 17.4. The fourth-order valence-corrected chi connectivity index (χ4v) is 4.14. The summed E-state index contributed by atoms with van der Waals surface area (Å²) in [5, 5.41) is 2.34. The highest BCUT2D eigenvalue weighted by Gasteiger charge is 2.11. The van der Waals surface area contributed by atoms with E-state index in [1.807, 2.05) is 19.1 Å².